The number of nitrogens with zero attached hydrogens (tertiary/aromatic N) is 1. The molecular weight excluding hydrogens is 431 g/mol. The SMILES string of the molecule is O=C(c1cc(I)ccc1Br)N(CC1CCCN1)C1CC1. The van der Waals surface area contributed by atoms with Gasteiger partial charge >= 0.3 is 0 Å². The Kier molecular flexibility index (Phi) is 4.67. The first kappa shape index (κ1) is 14.8. The van der Waals surface area contributed by atoms with Gasteiger partial charge in [-0.3, -0.25) is 4.79 Å². The molecule has 0 radical (unpaired) electrons. The molecule has 1 saturated carbocycles. The van der Waals surface area contributed by atoms with Crippen LogP contribution in [0.1, 0.15) is 36.0 Å². The lowest BCUT2D eigenvalue weighted by Gasteiger charge is -2.26. The molecule has 1 aliphatic carbocycles. The molecule has 1 atom stereocenters. The monoisotopic (exact) mass is 448 g/mol. The number of hydrogen-bond acceptors (Lipinski definition) is 2. The number of rotatable bonds is 4. The summed E-state index contributed by atoms with van der Waals surface area (Å²) >= 11 is 5.77. The van der Waals surface area contributed by atoms with Crippen molar-refractivity contribution in [3.05, 3.63) is 31.8 Å². The Morgan fingerprint density at radius 3 is 2.85 bits per heavy atom. The van der Waals surface area contributed by atoms with Gasteiger partial charge in [-0.15, -0.1) is 0 Å². The van der Waals surface area contributed by atoms with Crippen molar-refractivity contribution in [1.29, 1.82) is 0 Å². The Balaban J connectivity index is 1.79. The summed E-state index contributed by atoms with van der Waals surface area (Å²) in [7, 11) is 0. The third-order valence-corrected chi connectivity index (χ3v) is 5.35. The average Bonchev–Trinajstić information content (AvgIpc) is 3.15. The lowest BCUT2D eigenvalue weighted by Crippen LogP contribution is -2.42. The van der Waals surface area contributed by atoms with Crippen LogP contribution < -0.4 is 5.32 Å². The van der Waals surface area contributed by atoms with Crippen LogP contribution in [-0.2, 0) is 0 Å². The number of benzene rings is 1. The minimum atomic E-state index is 0.173. The van der Waals surface area contributed by atoms with E-state index in [1.807, 2.05) is 18.2 Å². The van der Waals surface area contributed by atoms with Gasteiger partial charge in [0, 0.05) is 26.7 Å². The van der Waals surface area contributed by atoms with Crippen LogP contribution in [-0.4, -0.2) is 36.0 Å². The predicted octanol–water partition coefficient (Wildman–Crippen LogP) is 3.41. The summed E-state index contributed by atoms with van der Waals surface area (Å²) in [5.41, 5.74) is 0.793. The highest BCUT2D eigenvalue weighted by Gasteiger charge is 2.35. The zero-order chi connectivity index (χ0) is 14.1. The Hall–Kier alpha value is -0.140. The predicted molar refractivity (Wildman–Crippen MR) is 91.9 cm³/mol. The van der Waals surface area contributed by atoms with E-state index >= 15 is 0 Å². The van der Waals surface area contributed by atoms with Crippen LogP contribution in [0.3, 0.4) is 0 Å². The number of carbonyl (C=O) groups excluding carboxylic acids is 1. The van der Waals surface area contributed by atoms with Crippen LogP contribution in [0.2, 0.25) is 0 Å². The molecule has 1 saturated heterocycles. The molecule has 1 unspecified atom stereocenters. The molecule has 2 aliphatic rings. The Morgan fingerprint density at radius 2 is 2.20 bits per heavy atom. The van der Waals surface area contributed by atoms with E-state index in [-0.39, 0.29) is 5.91 Å². The van der Waals surface area contributed by atoms with Gasteiger partial charge in [0.15, 0.2) is 0 Å². The van der Waals surface area contributed by atoms with E-state index in [4.69, 9.17) is 0 Å². The van der Waals surface area contributed by atoms with E-state index in [1.54, 1.807) is 0 Å². The Bertz CT molecular complexity index is 513. The first-order valence-corrected chi connectivity index (χ1v) is 9.02. The molecule has 1 heterocycles. The molecule has 1 N–H and O–H groups in total. The van der Waals surface area contributed by atoms with Crippen molar-refractivity contribution in [3.8, 4) is 0 Å². The van der Waals surface area contributed by atoms with Crippen molar-refractivity contribution in [2.24, 2.45) is 0 Å². The summed E-state index contributed by atoms with van der Waals surface area (Å²) in [6.45, 7) is 1.94. The maximum Gasteiger partial charge on any atom is 0.255 e. The fourth-order valence-corrected chi connectivity index (χ4v) is 3.66. The number of halogens is 2. The van der Waals surface area contributed by atoms with Crippen LogP contribution in [0.5, 0.6) is 0 Å². The van der Waals surface area contributed by atoms with Gasteiger partial charge in [0.25, 0.3) is 5.91 Å². The quantitative estimate of drug-likeness (QED) is 0.716. The van der Waals surface area contributed by atoms with Crippen LogP contribution in [0.15, 0.2) is 22.7 Å². The molecule has 1 amide bonds. The average molecular weight is 449 g/mol. The lowest BCUT2D eigenvalue weighted by molar-refractivity contribution is 0.0727. The minimum absolute atomic E-state index is 0.173. The second-order valence-corrected chi connectivity index (χ2v) is 7.71. The van der Waals surface area contributed by atoms with E-state index in [1.165, 1.54) is 12.8 Å². The minimum Gasteiger partial charge on any atom is -0.334 e. The van der Waals surface area contributed by atoms with Crippen LogP contribution in [0.25, 0.3) is 0 Å². The number of carbonyl (C=O) groups is 1. The molecule has 2 fully saturated rings. The molecule has 3 rings (SSSR count). The number of amides is 1. The van der Waals surface area contributed by atoms with Crippen molar-refractivity contribution in [2.45, 2.75) is 37.8 Å². The van der Waals surface area contributed by atoms with Crippen molar-refractivity contribution < 1.29 is 4.79 Å². The van der Waals surface area contributed by atoms with Crippen molar-refractivity contribution >= 4 is 44.4 Å². The van der Waals surface area contributed by atoms with Crippen LogP contribution in [0.4, 0.5) is 0 Å². The number of nitrogens with one attached hydrogen (secondary N) is 1. The van der Waals surface area contributed by atoms with Gasteiger partial charge in [-0.2, -0.15) is 0 Å². The van der Waals surface area contributed by atoms with Gasteiger partial charge in [0.05, 0.1) is 5.56 Å². The third kappa shape index (κ3) is 3.36. The van der Waals surface area contributed by atoms with Crippen LogP contribution in [0, 0.1) is 3.57 Å². The zero-order valence-electron chi connectivity index (χ0n) is 11.2. The molecular formula is C15H18BrIN2O. The molecule has 108 valence electrons. The molecule has 1 aliphatic heterocycles. The molecule has 3 nitrogen and oxygen atoms in total. The van der Waals surface area contributed by atoms with Gasteiger partial charge < -0.3 is 10.2 Å². The summed E-state index contributed by atoms with van der Waals surface area (Å²) in [4.78, 5) is 14.9. The first-order valence-electron chi connectivity index (χ1n) is 7.14. The fraction of sp³-hybridized carbons (Fsp3) is 0.533. The molecule has 0 bridgehead atoms. The van der Waals surface area contributed by atoms with Crippen molar-refractivity contribution in [1.82, 2.24) is 10.2 Å². The summed E-state index contributed by atoms with van der Waals surface area (Å²) in [5.74, 6) is 0.173. The molecule has 5 heteroatoms. The molecule has 0 spiro atoms. The van der Waals surface area contributed by atoms with E-state index in [0.29, 0.717) is 12.1 Å². The van der Waals surface area contributed by atoms with E-state index in [9.17, 15) is 4.79 Å². The summed E-state index contributed by atoms with van der Waals surface area (Å²) in [6, 6.07) is 6.88. The highest BCUT2D eigenvalue weighted by molar-refractivity contribution is 14.1. The fourth-order valence-electron chi connectivity index (χ4n) is 2.75. The topological polar surface area (TPSA) is 32.3 Å². The smallest absolute Gasteiger partial charge is 0.255 e. The van der Waals surface area contributed by atoms with Gasteiger partial charge in [-0.1, -0.05) is 0 Å². The maximum atomic E-state index is 12.9. The van der Waals surface area contributed by atoms with Gasteiger partial charge in [-0.25, -0.2) is 0 Å². The van der Waals surface area contributed by atoms with E-state index < -0.39 is 0 Å². The van der Waals surface area contributed by atoms with Crippen molar-refractivity contribution in [2.75, 3.05) is 13.1 Å². The standard InChI is InChI=1S/C15H18BrIN2O/c16-14-6-3-10(17)8-13(14)15(20)19(12-4-5-12)9-11-2-1-7-18-11/h3,6,8,11-12,18H,1-2,4-5,7,9H2. The van der Waals surface area contributed by atoms with Crippen molar-refractivity contribution in [3.63, 3.8) is 0 Å². The zero-order valence-corrected chi connectivity index (χ0v) is 15.0. The first-order chi connectivity index (χ1) is 9.65. The summed E-state index contributed by atoms with van der Waals surface area (Å²) in [6.07, 6.45) is 4.72. The highest BCUT2D eigenvalue weighted by atomic mass is 127. The van der Waals surface area contributed by atoms with Crippen LogP contribution >= 0.6 is 38.5 Å². The Labute approximate surface area is 141 Å². The van der Waals surface area contributed by atoms with E-state index in [2.05, 4.69) is 48.7 Å². The summed E-state index contributed by atoms with van der Waals surface area (Å²) in [5, 5.41) is 3.49. The lowest BCUT2D eigenvalue weighted by atomic mass is 10.1. The maximum absolute atomic E-state index is 12.9. The van der Waals surface area contributed by atoms with Gasteiger partial charge in [0.1, 0.15) is 0 Å². The normalized spacial score (nSPS) is 22.0. The highest BCUT2D eigenvalue weighted by Crippen LogP contribution is 2.31. The summed E-state index contributed by atoms with van der Waals surface area (Å²) < 4.78 is 2.00. The molecule has 20 heavy (non-hydrogen) atoms. The van der Waals surface area contributed by atoms with Gasteiger partial charge in [0.2, 0.25) is 0 Å². The van der Waals surface area contributed by atoms with Gasteiger partial charge in [-0.05, 0) is 88.9 Å². The largest absolute Gasteiger partial charge is 0.334 e. The Morgan fingerprint density at radius 1 is 1.40 bits per heavy atom. The second kappa shape index (κ2) is 6.32. The molecule has 1 aromatic carbocycles. The van der Waals surface area contributed by atoms with E-state index in [0.717, 1.165) is 39.5 Å². The molecule has 0 aromatic heterocycles. The molecule has 1 aromatic rings. The second-order valence-electron chi connectivity index (χ2n) is 5.61. The number of hydrogen-bond donors (Lipinski definition) is 1. The third-order valence-electron chi connectivity index (χ3n) is 3.99.